The molecule has 5 heteroatoms. The smallest absolute Gasteiger partial charge is 0.208 e. The Bertz CT molecular complexity index is 580. The Morgan fingerprint density at radius 2 is 1.95 bits per heavy atom. The van der Waals surface area contributed by atoms with E-state index in [0.29, 0.717) is 10.8 Å². The number of aryl methyl sites for hydroxylation is 1. The fourth-order valence-electron chi connectivity index (χ4n) is 3.18. The highest BCUT2D eigenvalue weighted by molar-refractivity contribution is 9.10. The van der Waals surface area contributed by atoms with Crippen LogP contribution in [-0.4, -0.2) is 14.5 Å². The summed E-state index contributed by atoms with van der Waals surface area (Å²) >= 11 is 3.36. The molecule has 1 saturated carbocycles. The third kappa shape index (κ3) is 4.30. The number of rotatable bonds is 5. The molecule has 118 valence electrons. The summed E-state index contributed by atoms with van der Waals surface area (Å²) < 4.78 is 29.1. The van der Waals surface area contributed by atoms with Crippen LogP contribution in [0.4, 0.5) is 0 Å². The van der Waals surface area contributed by atoms with Crippen LogP contribution in [0.2, 0.25) is 0 Å². The summed E-state index contributed by atoms with van der Waals surface area (Å²) in [7, 11) is -3.45. The molecule has 0 spiro atoms. The van der Waals surface area contributed by atoms with E-state index in [2.05, 4.69) is 27.6 Å². The summed E-state index contributed by atoms with van der Waals surface area (Å²) in [6, 6.07) is 5.44. The zero-order chi connectivity index (χ0) is 15.5. The Hall–Kier alpha value is -0.390. The number of halogens is 1. The van der Waals surface area contributed by atoms with E-state index in [1.54, 1.807) is 6.07 Å². The molecule has 1 N–H and O–H groups in total. The van der Waals surface area contributed by atoms with Gasteiger partial charge in [-0.3, -0.25) is 0 Å². The zero-order valence-electron chi connectivity index (χ0n) is 12.7. The molecule has 1 aromatic rings. The number of sulfonamides is 1. The Morgan fingerprint density at radius 3 is 2.57 bits per heavy atom. The topological polar surface area (TPSA) is 46.2 Å². The quantitative estimate of drug-likeness (QED) is 0.831. The van der Waals surface area contributed by atoms with Gasteiger partial charge in [0.2, 0.25) is 10.0 Å². The first-order valence-electron chi connectivity index (χ1n) is 7.72. The van der Waals surface area contributed by atoms with Gasteiger partial charge in [-0.05, 0) is 49.8 Å². The van der Waals surface area contributed by atoms with Crippen molar-refractivity contribution in [2.24, 2.45) is 5.92 Å². The van der Waals surface area contributed by atoms with Crippen molar-refractivity contribution < 1.29 is 8.42 Å². The van der Waals surface area contributed by atoms with Gasteiger partial charge in [-0.25, -0.2) is 13.1 Å². The van der Waals surface area contributed by atoms with Crippen LogP contribution in [-0.2, 0) is 10.0 Å². The van der Waals surface area contributed by atoms with Crippen LogP contribution in [0, 0.1) is 12.8 Å². The van der Waals surface area contributed by atoms with Crippen LogP contribution in [0.3, 0.4) is 0 Å². The van der Waals surface area contributed by atoms with Gasteiger partial charge in [0.15, 0.2) is 0 Å². The molecule has 0 radical (unpaired) electrons. The molecule has 1 aliphatic carbocycles. The van der Waals surface area contributed by atoms with Crippen molar-refractivity contribution in [2.75, 3.05) is 0 Å². The molecule has 0 amide bonds. The minimum Gasteiger partial charge on any atom is -0.208 e. The maximum atomic E-state index is 12.7. The summed E-state index contributed by atoms with van der Waals surface area (Å²) in [6.45, 7) is 3.90. The first-order chi connectivity index (χ1) is 9.94. The van der Waals surface area contributed by atoms with Gasteiger partial charge in [0, 0.05) is 10.5 Å². The number of nitrogens with one attached hydrogen (secondary N) is 1. The van der Waals surface area contributed by atoms with E-state index in [9.17, 15) is 8.42 Å². The van der Waals surface area contributed by atoms with E-state index in [0.717, 1.165) is 29.3 Å². The van der Waals surface area contributed by atoms with Crippen LogP contribution < -0.4 is 4.72 Å². The van der Waals surface area contributed by atoms with E-state index in [-0.39, 0.29) is 6.04 Å². The van der Waals surface area contributed by atoms with Crippen LogP contribution in [0.1, 0.15) is 51.0 Å². The third-order valence-corrected chi connectivity index (χ3v) is 6.53. The van der Waals surface area contributed by atoms with Crippen LogP contribution in [0.25, 0.3) is 0 Å². The van der Waals surface area contributed by atoms with Crippen LogP contribution >= 0.6 is 15.9 Å². The molecule has 0 aliphatic heterocycles. The van der Waals surface area contributed by atoms with Gasteiger partial charge in [0.05, 0.1) is 4.90 Å². The molecule has 3 nitrogen and oxygen atoms in total. The predicted octanol–water partition coefficient (Wildman–Crippen LogP) is 4.39. The van der Waals surface area contributed by atoms with Crippen LogP contribution in [0.15, 0.2) is 27.6 Å². The van der Waals surface area contributed by atoms with Crippen LogP contribution in [0.5, 0.6) is 0 Å². The zero-order valence-corrected chi connectivity index (χ0v) is 15.1. The lowest BCUT2D eigenvalue weighted by atomic mass is 9.83. The number of benzene rings is 1. The van der Waals surface area contributed by atoms with Gasteiger partial charge < -0.3 is 0 Å². The molecule has 0 bridgehead atoms. The molecule has 1 fully saturated rings. The maximum Gasteiger partial charge on any atom is 0.241 e. The van der Waals surface area contributed by atoms with Crippen molar-refractivity contribution in [2.45, 2.75) is 63.3 Å². The van der Waals surface area contributed by atoms with Gasteiger partial charge in [-0.15, -0.1) is 0 Å². The standard InChI is InChI=1S/C16H24BrNO2S/c1-3-15(13-7-5-4-6-8-13)18-21(19,20)16-11-14(17)10-9-12(16)2/h9-11,13,15,18H,3-8H2,1-2H3. The second-order valence-electron chi connectivity index (χ2n) is 5.94. The largest absolute Gasteiger partial charge is 0.241 e. The van der Waals surface area contributed by atoms with Gasteiger partial charge >= 0.3 is 0 Å². The lowest BCUT2D eigenvalue weighted by Crippen LogP contribution is -2.40. The van der Waals surface area contributed by atoms with Crippen molar-refractivity contribution in [3.05, 3.63) is 28.2 Å². The SMILES string of the molecule is CCC(NS(=O)(=O)c1cc(Br)ccc1C)C1CCCCC1. The van der Waals surface area contributed by atoms with Crippen molar-refractivity contribution in [1.29, 1.82) is 0 Å². The predicted molar refractivity (Wildman–Crippen MR) is 89.9 cm³/mol. The lowest BCUT2D eigenvalue weighted by Gasteiger charge is -2.30. The van der Waals surface area contributed by atoms with E-state index in [4.69, 9.17) is 0 Å². The highest BCUT2D eigenvalue weighted by atomic mass is 79.9. The minimum atomic E-state index is -3.45. The molecule has 1 unspecified atom stereocenters. The summed E-state index contributed by atoms with van der Waals surface area (Å²) in [5, 5.41) is 0. The number of hydrogen-bond acceptors (Lipinski definition) is 2. The Labute approximate surface area is 136 Å². The van der Waals surface area contributed by atoms with Crippen molar-refractivity contribution in [3.8, 4) is 0 Å². The van der Waals surface area contributed by atoms with Gasteiger partial charge in [0.1, 0.15) is 0 Å². The fourth-order valence-corrected chi connectivity index (χ4v) is 5.35. The molecule has 1 atom stereocenters. The van der Waals surface area contributed by atoms with E-state index >= 15 is 0 Å². The average Bonchev–Trinajstić information content (AvgIpc) is 2.48. The molecule has 21 heavy (non-hydrogen) atoms. The average molecular weight is 374 g/mol. The maximum absolute atomic E-state index is 12.7. The Kier molecular flexibility index (Phi) is 5.86. The summed E-state index contributed by atoms with van der Waals surface area (Å²) in [4.78, 5) is 0.381. The van der Waals surface area contributed by atoms with Gasteiger partial charge in [0.25, 0.3) is 0 Å². The molecule has 1 aromatic carbocycles. The summed E-state index contributed by atoms with van der Waals surface area (Å²) in [5.41, 5.74) is 0.782. The van der Waals surface area contributed by atoms with Crippen molar-refractivity contribution in [1.82, 2.24) is 4.72 Å². The third-order valence-electron chi connectivity index (χ3n) is 4.40. The molecule has 0 saturated heterocycles. The first kappa shape index (κ1) is 17.0. The summed E-state index contributed by atoms with van der Waals surface area (Å²) in [6.07, 6.45) is 6.84. The number of hydrogen-bond donors (Lipinski definition) is 1. The monoisotopic (exact) mass is 373 g/mol. The molecular formula is C16H24BrNO2S. The molecular weight excluding hydrogens is 350 g/mol. The van der Waals surface area contributed by atoms with Crippen molar-refractivity contribution in [3.63, 3.8) is 0 Å². The molecule has 0 heterocycles. The van der Waals surface area contributed by atoms with Gasteiger partial charge in [-0.1, -0.05) is 48.2 Å². The highest BCUT2D eigenvalue weighted by Gasteiger charge is 2.27. The molecule has 2 rings (SSSR count). The normalized spacial score (nSPS) is 18.6. The van der Waals surface area contributed by atoms with Crippen molar-refractivity contribution >= 4 is 26.0 Å². The Balaban J connectivity index is 2.20. The second kappa shape index (κ2) is 7.25. The fraction of sp³-hybridized carbons (Fsp3) is 0.625. The van der Waals surface area contributed by atoms with E-state index < -0.39 is 10.0 Å². The second-order valence-corrected chi connectivity index (χ2v) is 8.54. The highest BCUT2D eigenvalue weighted by Crippen LogP contribution is 2.29. The minimum absolute atomic E-state index is 0.0497. The first-order valence-corrected chi connectivity index (χ1v) is 10.00. The van der Waals surface area contributed by atoms with E-state index in [1.807, 2.05) is 19.1 Å². The van der Waals surface area contributed by atoms with Gasteiger partial charge in [-0.2, -0.15) is 0 Å². The van der Waals surface area contributed by atoms with E-state index in [1.165, 1.54) is 19.3 Å². The molecule has 1 aliphatic rings. The Morgan fingerprint density at radius 1 is 1.29 bits per heavy atom. The molecule has 0 aromatic heterocycles. The summed E-state index contributed by atoms with van der Waals surface area (Å²) in [5.74, 6) is 0.478. The lowest BCUT2D eigenvalue weighted by molar-refractivity contribution is 0.285.